The van der Waals surface area contributed by atoms with Gasteiger partial charge in [-0.25, -0.2) is 13.8 Å². The van der Waals surface area contributed by atoms with Gasteiger partial charge in [0.1, 0.15) is 18.4 Å². The standard InChI is InChI=1S/C26H26F2N4O2/c1-16(2)25(32-15-30-23-11-21(27)22(28)12-24(23)32)26(33)31-17(3)19-6-8-20(9-7-19)34-14-18-5-4-10-29-13-18/h4-13,15-17,25H,14H2,1-3H3,(H,31,33). The lowest BCUT2D eigenvalue weighted by Crippen LogP contribution is -2.36. The number of ether oxygens (including phenoxy) is 1. The minimum Gasteiger partial charge on any atom is -0.489 e. The lowest BCUT2D eigenvalue weighted by molar-refractivity contribution is -0.126. The Morgan fingerprint density at radius 2 is 1.82 bits per heavy atom. The summed E-state index contributed by atoms with van der Waals surface area (Å²) in [6, 6.07) is 12.5. The topological polar surface area (TPSA) is 69.0 Å². The Bertz CT molecular complexity index is 1270. The van der Waals surface area contributed by atoms with Crippen molar-refractivity contribution in [2.75, 3.05) is 0 Å². The van der Waals surface area contributed by atoms with Crippen molar-refractivity contribution in [1.29, 1.82) is 0 Å². The maximum Gasteiger partial charge on any atom is 0.243 e. The van der Waals surface area contributed by atoms with Crippen LogP contribution in [0.25, 0.3) is 11.0 Å². The Kier molecular flexibility index (Phi) is 6.86. The summed E-state index contributed by atoms with van der Waals surface area (Å²) >= 11 is 0. The summed E-state index contributed by atoms with van der Waals surface area (Å²) in [5, 5.41) is 3.03. The van der Waals surface area contributed by atoms with Gasteiger partial charge in [0.25, 0.3) is 0 Å². The summed E-state index contributed by atoms with van der Waals surface area (Å²) in [4.78, 5) is 21.5. The normalized spacial score (nSPS) is 13.1. The van der Waals surface area contributed by atoms with E-state index in [0.29, 0.717) is 23.4 Å². The van der Waals surface area contributed by atoms with Crippen molar-refractivity contribution in [2.24, 2.45) is 5.92 Å². The molecule has 1 amide bonds. The molecular formula is C26H26F2N4O2. The molecule has 0 fully saturated rings. The number of nitrogens with one attached hydrogen (secondary N) is 1. The molecule has 0 aliphatic rings. The lowest BCUT2D eigenvalue weighted by Gasteiger charge is -2.25. The largest absolute Gasteiger partial charge is 0.489 e. The minimum absolute atomic E-state index is 0.110. The first-order chi connectivity index (χ1) is 16.3. The van der Waals surface area contributed by atoms with Crippen LogP contribution in [0.5, 0.6) is 5.75 Å². The quantitative estimate of drug-likeness (QED) is 0.381. The number of halogens is 2. The Hall–Kier alpha value is -3.81. The molecule has 4 rings (SSSR count). The molecule has 2 aromatic heterocycles. The van der Waals surface area contributed by atoms with Gasteiger partial charge in [0.05, 0.1) is 23.4 Å². The lowest BCUT2D eigenvalue weighted by atomic mass is 10.0. The number of benzene rings is 2. The first-order valence-corrected chi connectivity index (χ1v) is 11.1. The van der Waals surface area contributed by atoms with Crippen molar-refractivity contribution in [3.05, 3.63) is 90.0 Å². The summed E-state index contributed by atoms with van der Waals surface area (Å²) in [5.41, 5.74) is 2.55. The molecule has 2 aromatic carbocycles. The monoisotopic (exact) mass is 464 g/mol. The SMILES string of the molecule is CC(NC(=O)C(C(C)C)n1cnc2cc(F)c(F)cc21)c1ccc(OCc2cccnc2)cc1. The van der Waals surface area contributed by atoms with E-state index in [-0.39, 0.29) is 17.9 Å². The van der Waals surface area contributed by atoms with Gasteiger partial charge in [-0.15, -0.1) is 0 Å². The molecule has 0 radical (unpaired) electrons. The van der Waals surface area contributed by atoms with Crippen molar-refractivity contribution in [3.63, 3.8) is 0 Å². The average molecular weight is 465 g/mol. The predicted molar refractivity (Wildman–Crippen MR) is 125 cm³/mol. The van der Waals surface area contributed by atoms with E-state index in [0.717, 1.165) is 23.3 Å². The highest BCUT2D eigenvalue weighted by molar-refractivity contribution is 5.84. The third-order valence-corrected chi connectivity index (χ3v) is 5.68. The molecule has 0 saturated carbocycles. The molecule has 2 heterocycles. The number of hydrogen-bond donors (Lipinski definition) is 1. The molecule has 0 aliphatic heterocycles. The van der Waals surface area contributed by atoms with Crippen LogP contribution in [0.2, 0.25) is 0 Å². The summed E-state index contributed by atoms with van der Waals surface area (Å²) in [5.74, 6) is -1.57. The van der Waals surface area contributed by atoms with Gasteiger partial charge in [0.2, 0.25) is 5.91 Å². The maximum atomic E-state index is 13.9. The molecule has 8 heteroatoms. The molecule has 1 N–H and O–H groups in total. The fourth-order valence-electron chi connectivity index (χ4n) is 3.88. The molecule has 6 nitrogen and oxygen atoms in total. The smallest absolute Gasteiger partial charge is 0.243 e. The molecule has 4 aromatic rings. The Morgan fingerprint density at radius 1 is 1.09 bits per heavy atom. The van der Waals surface area contributed by atoms with Crippen LogP contribution < -0.4 is 10.1 Å². The van der Waals surface area contributed by atoms with Crippen LogP contribution in [0, 0.1) is 17.6 Å². The molecule has 0 aliphatic carbocycles. The molecule has 0 spiro atoms. The number of amides is 1. The van der Waals surface area contributed by atoms with Gasteiger partial charge in [0, 0.05) is 30.1 Å². The number of pyridine rings is 1. The van der Waals surface area contributed by atoms with Gasteiger partial charge in [-0.05, 0) is 36.6 Å². The van der Waals surface area contributed by atoms with Crippen LogP contribution >= 0.6 is 0 Å². The van der Waals surface area contributed by atoms with E-state index in [1.807, 2.05) is 57.2 Å². The Balaban J connectivity index is 1.45. The third-order valence-electron chi connectivity index (χ3n) is 5.68. The highest BCUT2D eigenvalue weighted by Gasteiger charge is 2.27. The summed E-state index contributed by atoms with van der Waals surface area (Å²) in [6.45, 7) is 6.10. The fourth-order valence-corrected chi connectivity index (χ4v) is 3.88. The number of nitrogens with zero attached hydrogens (tertiary/aromatic N) is 3. The summed E-state index contributed by atoms with van der Waals surface area (Å²) in [6.07, 6.45) is 4.92. The molecular weight excluding hydrogens is 438 g/mol. The van der Waals surface area contributed by atoms with E-state index < -0.39 is 17.7 Å². The number of hydrogen-bond acceptors (Lipinski definition) is 4. The van der Waals surface area contributed by atoms with Crippen LogP contribution in [0.4, 0.5) is 8.78 Å². The third kappa shape index (κ3) is 5.06. The molecule has 34 heavy (non-hydrogen) atoms. The molecule has 2 atom stereocenters. The highest BCUT2D eigenvalue weighted by Crippen LogP contribution is 2.27. The summed E-state index contributed by atoms with van der Waals surface area (Å²) in [7, 11) is 0. The van der Waals surface area contributed by atoms with Gasteiger partial charge in [0.15, 0.2) is 11.6 Å². The molecule has 0 bridgehead atoms. The van der Waals surface area contributed by atoms with E-state index in [1.165, 1.54) is 6.33 Å². The van der Waals surface area contributed by atoms with Gasteiger partial charge in [-0.3, -0.25) is 9.78 Å². The van der Waals surface area contributed by atoms with Gasteiger partial charge < -0.3 is 14.6 Å². The number of rotatable bonds is 8. The first-order valence-electron chi connectivity index (χ1n) is 11.1. The maximum absolute atomic E-state index is 13.9. The number of carbonyl (C=O) groups excluding carboxylic acids is 1. The van der Waals surface area contributed by atoms with Crippen LogP contribution in [-0.4, -0.2) is 20.4 Å². The summed E-state index contributed by atoms with van der Waals surface area (Å²) < 4.78 is 34.8. The van der Waals surface area contributed by atoms with Crippen molar-refractivity contribution >= 4 is 16.9 Å². The fraction of sp³-hybridized carbons (Fsp3) is 0.269. The number of carbonyl (C=O) groups is 1. The van der Waals surface area contributed by atoms with Crippen LogP contribution in [0.1, 0.15) is 44.0 Å². The van der Waals surface area contributed by atoms with E-state index >= 15 is 0 Å². The second-order valence-corrected chi connectivity index (χ2v) is 8.54. The predicted octanol–water partition coefficient (Wildman–Crippen LogP) is 5.36. The van der Waals surface area contributed by atoms with E-state index in [1.54, 1.807) is 17.0 Å². The van der Waals surface area contributed by atoms with Crippen molar-refractivity contribution < 1.29 is 18.3 Å². The van der Waals surface area contributed by atoms with Crippen LogP contribution in [-0.2, 0) is 11.4 Å². The Labute approximate surface area is 196 Å². The molecule has 2 unspecified atom stereocenters. The van der Waals surface area contributed by atoms with Crippen molar-refractivity contribution in [1.82, 2.24) is 19.9 Å². The second-order valence-electron chi connectivity index (χ2n) is 8.54. The van der Waals surface area contributed by atoms with Crippen LogP contribution in [0.15, 0.2) is 67.3 Å². The number of aromatic nitrogens is 3. The number of imidazole rings is 1. The zero-order chi connectivity index (χ0) is 24.2. The van der Waals surface area contributed by atoms with Crippen molar-refractivity contribution in [2.45, 2.75) is 39.5 Å². The van der Waals surface area contributed by atoms with Gasteiger partial charge in [-0.1, -0.05) is 32.0 Å². The second kappa shape index (κ2) is 9.99. The van der Waals surface area contributed by atoms with Gasteiger partial charge in [-0.2, -0.15) is 0 Å². The first kappa shape index (κ1) is 23.4. The van der Waals surface area contributed by atoms with E-state index in [4.69, 9.17) is 4.74 Å². The zero-order valence-electron chi connectivity index (χ0n) is 19.2. The van der Waals surface area contributed by atoms with E-state index in [9.17, 15) is 13.6 Å². The zero-order valence-corrected chi connectivity index (χ0v) is 19.2. The number of fused-ring (bicyclic) bond motifs is 1. The average Bonchev–Trinajstić information content (AvgIpc) is 3.20. The minimum atomic E-state index is -0.976. The molecule has 176 valence electrons. The molecule has 0 saturated heterocycles. The van der Waals surface area contributed by atoms with Crippen molar-refractivity contribution in [3.8, 4) is 5.75 Å². The van der Waals surface area contributed by atoms with E-state index in [2.05, 4.69) is 15.3 Å². The Morgan fingerprint density at radius 3 is 2.50 bits per heavy atom. The highest BCUT2D eigenvalue weighted by atomic mass is 19.2. The van der Waals surface area contributed by atoms with Crippen LogP contribution in [0.3, 0.4) is 0 Å². The van der Waals surface area contributed by atoms with Gasteiger partial charge >= 0.3 is 0 Å².